The van der Waals surface area contributed by atoms with Gasteiger partial charge in [0.1, 0.15) is 12.1 Å². The minimum atomic E-state index is -0.488. The number of hydroxylamine groups is 1. The lowest BCUT2D eigenvalue weighted by Crippen LogP contribution is -2.47. The second-order valence-corrected chi connectivity index (χ2v) is 12.0. The summed E-state index contributed by atoms with van der Waals surface area (Å²) in [6.45, 7) is 8.23. The van der Waals surface area contributed by atoms with Crippen LogP contribution in [0, 0.1) is 5.41 Å². The highest BCUT2D eigenvalue weighted by Crippen LogP contribution is 2.27. The number of carbonyl (C=O) groups is 2. The Kier molecular flexibility index (Phi) is 8.97. The van der Waals surface area contributed by atoms with Gasteiger partial charge in [-0.25, -0.2) is 5.48 Å². The molecule has 1 aliphatic rings. The summed E-state index contributed by atoms with van der Waals surface area (Å²) in [4.78, 5) is 25.0. The lowest BCUT2D eigenvalue weighted by molar-refractivity contribution is -0.154. The van der Waals surface area contributed by atoms with Crippen molar-refractivity contribution in [1.29, 1.82) is 0 Å². The third-order valence-corrected chi connectivity index (χ3v) is 7.88. The number of esters is 1. The van der Waals surface area contributed by atoms with Gasteiger partial charge in [-0.15, -0.1) is 11.3 Å². The van der Waals surface area contributed by atoms with Gasteiger partial charge in [0.25, 0.3) is 5.91 Å². The van der Waals surface area contributed by atoms with E-state index in [1.54, 1.807) is 11.5 Å². The number of amides is 1. The fourth-order valence-corrected chi connectivity index (χ4v) is 5.70. The first-order valence-electron chi connectivity index (χ1n) is 12.9. The summed E-state index contributed by atoms with van der Waals surface area (Å²) in [6.07, 6.45) is 4.31. The average molecular weight is 524 g/mol. The maximum Gasteiger partial charge on any atom is 0.323 e. The monoisotopic (exact) mass is 523 g/mol. The molecule has 4 rings (SSSR count). The molecule has 0 saturated heterocycles. The van der Waals surface area contributed by atoms with Crippen LogP contribution in [0.4, 0.5) is 0 Å². The first-order valence-corrected chi connectivity index (χ1v) is 13.7. The van der Waals surface area contributed by atoms with Crippen LogP contribution in [0.15, 0.2) is 48.5 Å². The number of ether oxygens (including phenoxy) is 1. The Balaban J connectivity index is 1.27. The SMILES string of the molecule is CC(C)(C)C(NCc1ccc(CNCc2ccc3cc(C(=O)NO)sc3c2)cc1)C(=O)OC1CCCC1. The number of benzene rings is 2. The molecular weight excluding hydrogens is 486 g/mol. The summed E-state index contributed by atoms with van der Waals surface area (Å²) < 4.78 is 6.80. The molecule has 0 bridgehead atoms. The Morgan fingerprint density at radius 2 is 1.59 bits per heavy atom. The van der Waals surface area contributed by atoms with E-state index in [9.17, 15) is 9.59 Å². The lowest BCUT2D eigenvalue weighted by Gasteiger charge is -2.30. The molecule has 1 aromatic heterocycles. The zero-order valence-corrected chi connectivity index (χ0v) is 22.6. The van der Waals surface area contributed by atoms with Gasteiger partial charge in [-0.2, -0.15) is 0 Å². The number of hydrogen-bond acceptors (Lipinski definition) is 7. The van der Waals surface area contributed by atoms with Crippen molar-refractivity contribution in [2.24, 2.45) is 5.41 Å². The predicted molar refractivity (Wildman–Crippen MR) is 146 cm³/mol. The van der Waals surface area contributed by atoms with Gasteiger partial charge in [0, 0.05) is 24.3 Å². The highest BCUT2D eigenvalue weighted by molar-refractivity contribution is 7.20. The smallest absolute Gasteiger partial charge is 0.323 e. The van der Waals surface area contributed by atoms with Crippen molar-refractivity contribution in [2.45, 2.75) is 78.2 Å². The van der Waals surface area contributed by atoms with Crippen LogP contribution < -0.4 is 16.1 Å². The Morgan fingerprint density at radius 3 is 2.24 bits per heavy atom. The number of carbonyl (C=O) groups excluding carboxylic acids is 2. The molecule has 0 aliphatic heterocycles. The van der Waals surface area contributed by atoms with Crippen LogP contribution in [0.3, 0.4) is 0 Å². The van der Waals surface area contributed by atoms with Crippen LogP contribution in [0.5, 0.6) is 0 Å². The van der Waals surface area contributed by atoms with Crippen LogP contribution in [0.25, 0.3) is 10.1 Å². The van der Waals surface area contributed by atoms with Gasteiger partial charge in [-0.05, 0) is 65.3 Å². The molecule has 8 heteroatoms. The van der Waals surface area contributed by atoms with Crippen molar-refractivity contribution in [1.82, 2.24) is 16.1 Å². The normalized spacial score (nSPS) is 15.1. The second-order valence-electron chi connectivity index (χ2n) is 10.9. The maximum atomic E-state index is 12.9. The largest absolute Gasteiger partial charge is 0.461 e. The Hall–Kier alpha value is -2.78. The minimum absolute atomic E-state index is 0.0726. The van der Waals surface area contributed by atoms with Crippen LogP contribution in [-0.4, -0.2) is 29.2 Å². The van der Waals surface area contributed by atoms with E-state index < -0.39 is 5.91 Å². The van der Waals surface area contributed by atoms with E-state index in [0.717, 1.165) is 53.4 Å². The first kappa shape index (κ1) is 27.3. The number of thiophene rings is 1. The van der Waals surface area contributed by atoms with Gasteiger partial charge >= 0.3 is 5.97 Å². The summed E-state index contributed by atoms with van der Waals surface area (Å²) >= 11 is 1.36. The highest BCUT2D eigenvalue weighted by Gasteiger charge is 2.34. The van der Waals surface area contributed by atoms with E-state index in [1.165, 1.54) is 16.9 Å². The molecule has 7 nitrogen and oxygen atoms in total. The van der Waals surface area contributed by atoms with Crippen molar-refractivity contribution < 1.29 is 19.5 Å². The molecule has 2 aromatic carbocycles. The molecular formula is C29H37N3O4S. The topological polar surface area (TPSA) is 99.7 Å². The maximum absolute atomic E-state index is 12.9. The fraction of sp³-hybridized carbons (Fsp3) is 0.448. The number of hydrogen-bond donors (Lipinski definition) is 4. The Morgan fingerprint density at radius 1 is 0.973 bits per heavy atom. The molecule has 1 fully saturated rings. The van der Waals surface area contributed by atoms with Crippen molar-refractivity contribution in [3.05, 3.63) is 70.1 Å². The van der Waals surface area contributed by atoms with Crippen LogP contribution in [0.1, 0.15) is 72.8 Å². The predicted octanol–water partition coefficient (Wildman–Crippen LogP) is 5.30. The highest BCUT2D eigenvalue weighted by atomic mass is 32.1. The van der Waals surface area contributed by atoms with Crippen molar-refractivity contribution in [3.8, 4) is 0 Å². The van der Waals surface area contributed by atoms with Gasteiger partial charge in [0.05, 0.1) is 4.88 Å². The van der Waals surface area contributed by atoms with E-state index in [2.05, 4.69) is 61.7 Å². The summed E-state index contributed by atoms with van der Waals surface area (Å²) in [7, 11) is 0. The Labute approximate surface area is 222 Å². The summed E-state index contributed by atoms with van der Waals surface area (Å²) in [5.41, 5.74) is 4.88. The molecule has 1 aliphatic carbocycles. The molecule has 0 radical (unpaired) electrons. The fourth-order valence-electron chi connectivity index (χ4n) is 4.68. The van der Waals surface area contributed by atoms with E-state index >= 15 is 0 Å². The van der Waals surface area contributed by atoms with Crippen LogP contribution in [0.2, 0.25) is 0 Å². The molecule has 37 heavy (non-hydrogen) atoms. The van der Waals surface area contributed by atoms with E-state index in [0.29, 0.717) is 18.0 Å². The van der Waals surface area contributed by atoms with Gasteiger partial charge in [0.15, 0.2) is 0 Å². The summed E-state index contributed by atoms with van der Waals surface area (Å²) in [5.74, 6) is -0.633. The van der Waals surface area contributed by atoms with Crippen molar-refractivity contribution >= 4 is 33.3 Å². The van der Waals surface area contributed by atoms with Gasteiger partial charge in [0.2, 0.25) is 0 Å². The van der Waals surface area contributed by atoms with E-state index in [-0.39, 0.29) is 23.5 Å². The van der Waals surface area contributed by atoms with E-state index in [1.807, 2.05) is 12.1 Å². The molecule has 1 atom stereocenters. The summed E-state index contributed by atoms with van der Waals surface area (Å²) in [5, 5.41) is 16.7. The molecule has 1 saturated carbocycles. The summed E-state index contributed by atoms with van der Waals surface area (Å²) in [6, 6.07) is 15.9. The molecule has 4 N–H and O–H groups in total. The van der Waals surface area contributed by atoms with Gasteiger partial charge in [-0.3, -0.25) is 20.1 Å². The quantitative estimate of drug-likeness (QED) is 0.164. The van der Waals surface area contributed by atoms with Crippen LogP contribution in [-0.2, 0) is 29.2 Å². The number of fused-ring (bicyclic) bond motifs is 1. The zero-order chi connectivity index (χ0) is 26.4. The molecule has 198 valence electrons. The zero-order valence-electron chi connectivity index (χ0n) is 21.8. The third-order valence-electron chi connectivity index (χ3n) is 6.79. The van der Waals surface area contributed by atoms with Crippen LogP contribution >= 0.6 is 11.3 Å². The molecule has 1 unspecified atom stereocenters. The third kappa shape index (κ3) is 7.38. The first-order chi connectivity index (χ1) is 17.7. The number of rotatable bonds is 10. The average Bonchev–Trinajstić information content (AvgIpc) is 3.53. The van der Waals surface area contributed by atoms with E-state index in [4.69, 9.17) is 9.94 Å². The van der Waals surface area contributed by atoms with Crippen molar-refractivity contribution in [3.63, 3.8) is 0 Å². The van der Waals surface area contributed by atoms with Crippen molar-refractivity contribution in [2.75, 3.05) is 0 Å². The lowest BCUT2D eigenvalue weighted by atomic mass is 9.86. The number of nitrogens with one attached hydrogen (secondary N) is 3. The Bertz CT molecular complexity index is 1210. The van der Waals surface area contributed by atoms with Gasteiger partial charge in [-0.1, -0.05) is 57.2 Å². The molecule has 1 amide bonds. The standard InChI is InChI=1S/C29H37N3O4S/c1-29(2,3)26(28(34)36-23-6-4-5-7-23)31-18-20-10-8-19(9-11-20)16-30-17-21-12-13-22-15-25(27(33)32-35)37-24(22)14-21/h8-15,23,26,30-31,35H,4-7,16-18H2,1-3H3,(H,32,33). The molecule has 0 spiro atoms. The second kappa shape index (κ2) is 12.2. The molecule has 1 heterocycles. The van der Waals surface area contributed by atoms with Gasteiger partial charge < -0.3 is 10.1 Å². The molecule has 3 aromatic rings. The minimum Gasteiger partial charge on any atom is -0.461 e.